The van der Waals surface area contributed by atoms with Crippen LogP contribution >= 0.6 is 11.3 Å². The zero-order valence-corrected chi connectivity index (χ0v) is 19.0. The molecule has 11 heteroatoms. The van der Waals surface area contributed by atoms with Crippen molar-refractivity contribution in [3.63, 3.8) is 0 Å². The number of nitrogens with zero attached hydrogens (tertiary/aromatic N) is 4. The van der Waals surface area contributed by atoms with Gasteiger partial charge in [-0.3, -0.25) is 14.6 Å². The van der Waals surface area contributed by atoms with Gasteiger partial charge in [-0.05, 0) is 50.2 Å². The van der Waals surface area contributed by atoms with Crippen LogP contribution in [0.5, 0.6) is 0 Å². The lowest BCUT2D eigenvalue weighted by Gasteiger charge is -2.14. The second-order valence-electron chi connectivity index (χ2n) is 7.92. The molecule has 2 heterocycles. The summed E-state index contributed by atoms with van der Waals surface area (Å²) in [7, 11) is 0. The monoisotopic (exact) mass is 458 g/mol. The first kappa shape index (κ1) is 23.6. The van der Waals surface area contributed by atoms with Crippen LogP contribution in [0.2, 0.25) is 0 Å². The van der Waals surface area contributed by atoms with Crippen molar-refractivity contribution in [3.05, 3.63) is 51.5 Å². The van der Waals surface area contributed by atoms with Gasteiger partial charge in [-0.15, -0.1) is 10.2 Å². The van der Waals surface area contributed by atoms with Crippen LogP contribution in [0.3, 0.4) is 0 Å². The third-order valence-corrected chi connectivity index (χ3v) is 5.94. The van der Waals surface area contributed by atoms with Crippen molar-refractivity contribution >= 4 is 23.2 Å². The fourth-order valence-electron chi connectivity index (χ4n) is 2.84. The first-order valence-electron chi connectivity index (χ1n) is 10.7. The molecule has 6 N–H and O–H groups in total. The van der Waals surface area contributed by atoms with Gasteiger partial charge in [0.2, 0.25) is 5.01 Å². The average Bonchev–Trinajstić information content (AvgIpc) is 3.49. The summed E-state index contributed by atoms with van der Waals surface area (Å²) in [5.74, 6) is 6.03. The summed E-state index contributed by atoms with van der Waals surface area (Å²) in [5, 5.41) is 16.3. The predicted octanol–water partition coefficient (Wildman–Crippen LogP) is 0.996. The molecular weight excluding hydrogens is 428 g/mol. The summed E-state index contributed by atoms with van der Waals surface area (Å²) in [6, 6.07) is 3.79. The highest BCUT2D eigenvalue weighted by Crippen LogP contribution is 2.27. The maximum atomic E-state index is 12.1. The van der Waals surface area contributed by atoms with E-state index in [1.165, 1.54) is 35.4 Å². The van der Waals surface area contributed by atoms with Crippen molar-refractivity contribution in [2.45, 2.75) is 45.6 Å². The SMILES string of the molecule is Cc1ccc(CNC(=O)/C(N)=C/N(N)CCCCc2nnc(C(=O)NCC3CC3)s2)cn1. The molecule has 2 amide bonds. The Morgan fingerprint density at radius 3 is 2.78 bits per heavy atom. The number of nitrogens with one attached hydrogen (secondary N) is 2. The average molecular weight is 459 g/mol. The van der Waals surface area contributed by atoms with E-state index >= 15 is 0 Å². The lowest BCUT2D eigenvalue weighted by Crippen LogP contribution is -2.33. The summed E-state index contributed by atoms with van der Waals surface area (Å²) >= 11 is 1.32. The highest BCUT2D eigenvalue weighted by Gasteiger charge is 2.22. The van der Waals surface area contributed by atoms with Gasteiger partial charge >= 0.3 is 0 Å². The molecule has 3 rings (SSSR count). The molecule has 0 spiro atoms. The van der Waals surface area contributed by atoms with E-state index in [0.717, 1.165) is 35.7 Å². The Labute approximate surface area is 191 Å². The van der Waals surface area contributed by atoms with Gasteiger partial charge in [0.1, 0.15) is 10.7 Å². The minimum atomic E-state index is -0.387. The van der Waals surface area contributed by atoms with Gasteiger partial charge in [0.15, 0.2) is 0 Å². The summed E-state index contributed by atoms with van der Waals surface area (Å²) < 4.78 is 0. The number of aromatic nitrogens is 3. The van der Waals surface area contributed by atoms with E-state index in [2.05, 4.69) is 25.8 Å². The number of hydrogen-bond acceptors (Lipinski definition) is 9. The molecular formula is C21H30N8O2S. The third-order valence-electron chi connectivity index (χ3n) is 4.96. The van der Waals surface area contributed by atoms with Crippen LogP contribution in [-0.4, -0.2) is 45.1 Å². The first-order valence-corrected chi connectivity index (χ1v) is 11.5. The van der Waals surface area contributed by atoms with Crippen LogP contribution in [0.4, 0.5) is 0 Å². The van der Waals surface area contributed by atoms with Crippen LogP contribution < -0.4 is 22.2 Å². The van der Waals surface area contributed by atoms with Gasteiger partial charge < -0.3 is 21.4 Å². The fourth-order valence-corrected chi connectivity index (χ4v) is 3.64. The van der Waals surface area contributed by atoms with E-state index in [1.54, 1.807) is 6.20 Å². The van der Waals surface area contributed by atoms with Gasteiger partial charge in [0.05, 0.1) is 0 Å². The Morgan fingerprint density at radius 1 is 1.25 bits per heavy atom. The second kappa shape index (κ2) is 11.5. The second-order valence-corrected chi connectivity index (χ2v) is 8.99. The maximum absolute atomic E-state index is 12.1. The molecule has 1 saturated carbocycles. The van der Waals surface area contributed by atoms with Crippen LogP contribution in [0.25, 0.3) is 0 Å². The summed E-state index contributed by atoms with van der Waals surface area (Å²) in [6.07, 6.45) is 7.84. The normalized spacial score (nSPS) is 13.6. The number of hydrogen-bond donors (Lipinski definition) is 4. The highest BCUT2D eigenvalue weighted by atomic mass is 32.1. The summed E-state index contributed by atoms with van der Waals surface area (Å²) in [6.45, 7) is 3.49. The summed E-state index contributed by atoms with van der Waals surface area (Å²) in [4.78, 5) is 28.3. The smallest absolute Gasteiger partial charge is 0.282 e. The number of pyridine rings is 1. The zero-order chi connectivity index (χ0) is 22.9. The van der Waals surface area contributed by atoms with Gasteiger partial charge in [0.25, 0.3) is 11.8 Å². The Bertz CT molecular complexity index is 940. The molecule has 1 aliphatic carbocycles. The molecule has 0 atom stereocenters. The van der Waals surface area contributed by atoms with Crippen LogP contribution in [0.15, 0.2) is 30.2 Å². The van der Waals surface area contributed by atoms with Gasteiger partial charge in [-0.25, -0.2) is 5.84 Å². The number of aryl methyl sites for hydroxylation is 2. The number of rotatable bonds is 12. The van der Waals surface area contributed by atoms with Crippen LogP contribution in [0, 0.1) is 12.8 Å². The fraction of sp³-hybridized carbons (Fsp3) is 0.476. The molecule has 2 aromatic heterocycles. The van der Waals surface area contributed by atoms with E-state index in [9.17, 15) is 9.59 Å². The maximum Gasteiger partial charge on any atom is 0.282 e. The van der Waals surface area contributed by atoms with E-state index in [4.69, 9.17) is 11.6 Å². The Hall–Kier alpha value is -3.05. The molecule has 0 radical (unpaired) electrons. The van der Waals surface area contributed by atoms with E-state index in [0.29, 0.717) is 30.4 Å². The van der Waals surface area contributed by atoms with Crippen LogP contribution in [-0.2, 0) is 17.8 Å². The van der Waals surface area contributed by atoms with Gasteiger partial charge in [-0.2, -0.15) is 0 Å². The van der Waals surface area contributed by atoms with Crippen molar-refractivity contribution in [2.24, 2.45) is 17.5 Å². The topological polar surface area (TPSA) is 152 Å². The molecule has 2 aromatic rings. The lowest BCUT2D eigenvalue weighted by atomic mass is 10.2. The van der Waals surface area contributed by atoms with Crippen molar-refractivity contribution < 1.29 is 9.59 Å². The molecule has 0 saturated heterocycles. The van der Waals surface area contributed by atoms with E-state index in [1.807, 2.05) is 19.1 Å². The Morgan fingerprint density at radius 2 is 2.06 bits per heavy atom. The molecule has 0 aliphatic heterocycles. The molecule has 0 unspecified atom stereocenters. The molecule has 172 valence electrons. The third kappa shape index (κ3) is 7.89. The molecule has 1 aliphatic rings. The van der Waals surface area contributed by atoms with Crippen molar-refractivity contribution in [2.75, 3.05) is 13.1 Å². The first-order chi connectivity index (χ1) is 15.4. The molecule has 1 fully saturated rings. The minimum absolute atomic E-state index is 0.0403. The largest absolute Gasteiger partial charge is 0.393 e. The van der Waals surface area contributed by atoms with Crippen molar-refractivity contribution in [1.82, 2.24) is 30.8 Å². The zero-order valence-electron chi connectivity index (χ0n) is 18.2. The quantitative estimate of drug-likeness (QED) is 0.159. The van der Waals surface area contributed by atoms with E-state index in [-0.39, 0.29) is 17.5 Å². The number of unbranched alkanes of at least 4 members (excludes halogenated alkanes) is 1. The lowest BCUT2D eigenvalue weighted by molar-refractivity contribution is -0.117. The van der Waals surface area contributed by atoms with Gasteiger partial charge in [-0.1, -0.05) is 17.4 Å². The van der Waals surface area contributed by atoms with Gasteiger partial charge in [0, 0.05) is 44.1 Å². The number of carbonyl (C=O) groups excluding carboxylic acids is 2. The number of hydrazine groups is 1. The number of carbonyl (C=O) groups is 2. The predicted molar refractivity (Wildman–Crippen MR) is 122 cm³/mol. The minimum Gasteiger partial charge on any atom is -0.393 e. The number of nitrogens with two attached hydrogens (primary N) is 2. The molecule has 32 heavy (non-hydrogen) atoms. The Balaban J connectivity index is 1.32. The van der Waals surface area contributed by atoms with Crippen LogP contribution in [0.1, 0.15) is 51.8 Å². The molecule has 10 nitrogen and oxygen atoms in total. The van der Waals surface area contributed by atoms with E-state index < -0.39 is 0 Å². The molecule has 0 aromatic carbocycles. The summed E-state index contributed by atoms with van der Waals surface area (Å²) in [5.41, 5.74) is 7.68. The number of amides is 2. The molecule has 0 bridgehead atoms. The Kier molecular flexibility index (Phi) is 8.51. The standard InChI is InChI=1S/C21H30N8O2S/c1-14-5-6-16(11-24-14)12-25-19(30)17(22)13-29(23)9-3-2-4-18-27-28-21(32-18)20(31)26-10-15-7-8-15/h5-6,11,13,15H,2-4,7-10,12,22-23H2,1H3,(H,25,30)(H,26,31)/b17-13-. The van der Waals surface area contributed by atoms with Crippen molar-refractivity contribution in [3.8, 4) is 0 Å². The van der Waals surface area contributed by atoms with Crippen molar-refractivity contribution in [1.29, 1.82) is 0 Å². The highest BCUT2D eigenvalue weighted by molar-refractivity contribution is 7.13.